The molecule has 0 saturated carbocycles. The molecule has 4 aliphatic heterocycles. The highest BCUT2D eigenvalue weighted by molar-refractivity contribution is 6.24. The predicted molar refractivity (Wildman–Crippen MR) is 140 cm³/mol. The molecule has 5 rings (SSSR count). The molecule has 0 aliphatic carbocycles. The number of hydrogen-bond donors (Lipinski definition) is 3. The van der Waals surface area contributed by atoms with Crippen molar-refractivity contribution in [2.24, 2.45) is 10.7 Å². The summed E-state index contributed by atoms with van der Waals surface area (Å²) in [6.45, 7) is 5.81. The molecule has 0 spiro atoms. The molecule has 1 aromatic rings. The molecule has 0 aromatic heterocycles. The van der Waals surface area contributed by atoms with E-state index < -0.39 is 0 Å². The zero-order chi connectivity index (χ0) is 24.4. The van der Waals surface area contributed by atoms with Crippen molar-refractivity contribution in [1.29, 1.82) is 5.41 Å². The van der Waals surface area contributed by atoms with Crippen LogP contribution in [-0.4, -0.2) is 67.8 Å². The van der Waals surface area contributed by atoms with Gasteiger partial charge in [-0.25, -0.2) is 0 Å². The standard InChI is InChI=1S/C27H36N6O2/c1-18(34)32-12-9-25(31-21-16-35-17-21)23(15-32)27(29)33-11-4-5-20-13-19(7-8-26(20)33)22(14-28)24-6-2-3-10-30-24/h7-8,13-14,21,29,31H,2-6,9-12,15-17,28H2,1H3. The molecule has 4 aliphatic rings. The second kappa shape index (κ2) is 10.2. The molecule has 1 amide bonds. The van der Waals surface area contributed by atoms with E-state index in [-0.39, 0.29) is 11.9 Å². The second-order valence-electron chi connectivity index (χ2n) is 9.84. The topological polar surface area (TPSA) is 107 Å². The van der Waals surface area contributed by atoms with Gasteiger partial charge in [0.1, 0.15) is 5.84 Å². The number of fused-ring (bicyclic) bond motifs is 1. The van der Waals surface area contributed by atoms with Gasteiger partial charge in [0.15, 0.2) is 0 Å². The summed E-state index contributed by atoms with van der Waals surface area (Å²) in [5.41, 5.74) is 13.6. The average Bonchev–Trinajstić information content (AvgIpc) is 2.86. The molecule has 1 saturated heterocycles. The molecule has 0 radical (unpaired) electrons. The number of aryl methyl sites for hydroxylation is 1. The lowest BCUT2D eigenvalue weighted by atomic mass is 9.91. The Hall–Kier alpha value is -3.13. The van der Waals surface area contributed by atoms with Crippen LogP contribution in [-0.2, 0) is 16.0 Å². The third-order valence-electron chi connectivity index (χ3n) is 7.47. The minimum absolute atomic E-state index is 0.0525. The maximum atomic E-state index is 12.2. The number of allylic oxidation sites excluding steroid dienone is 1. The molecule has 0 bridgehead atoms. The molecule has 8 nitrogen and oxygen atoms in total. The monoisotopic (exact) mass is 476 g/mol. The molecule has 1 aromatic carbocycles. The van der Waals surface area contributed by atoms with Crippen molar-refractivity contribution in [1.82, 2.24) is 10.2 Å². The first-order valence-corrected chi connectivity index (χ1v) is 12.8. The van der Waals surface area contributed by atoms with Gasteiger partial charge in [-0.1, -0.05) is 6.07 Å². The fourth-order valence-corrected chi connectivity index (χ4v) is 5.41. The minimum Gasteiger partial charge on any atom is -0.404 e. The first kappa shape index (κ1) is 23.6. The number of ether oxygens (including phenoxy) is 1. The number of nitrogens with zero attached hydrogens (tertiary/aromatic N) is 3. The third kappa shape index (κ3) is 4.85. The Kier molecular flexibility index (Phi) is 6.90. The molecule has 4 N–H and O–H groups in total. The summed E-state index contributed by atoms with van der Waals surface area (Å²) in [5.74, 6) is 0.537. The van der Waals surface area contributed by atoms with Crippen molar-refractivity contribution in [3.05, 3.63) is 46.8 Å². The smallest absolute Gasteiger partial charge is 0.219 e. The Morgan fingerprint density at radius 2 is 2.06 bits per heavy atom. The van der Waals surface area contributed by atoms with E-state index in [1.165, 1.54) is 5.56 Å². The Morgan fingerprint density at radius 3 is 2.74 bits per heavy atom. The quantitative estimate of drug-likeness (QED) is 0.448. The highest BCUT2D eigenvalue weighted by atomic mass is 16.5. The van der Waals surface area contributed by atoms with Crippen LogP contribution in [0.3, 0.4) is 0 Å². The summed E-state index contributed by atoms with van der Waals surface area (Å²) in [6.07, 6.45) is 7.65. The molecular formula is C27H36N6O2. The van der Waals surface area contributed by atoms with Gasteiger partial charge in [0, 0.05) is 67.4 Å². The van der Waals surface area contributed by atoms with E-state index in [1.807, 2.05) is 4.90 Å². The molecule has 1 fully saturated rings. The van der Waals surface area contributed by atoms with Gasteiger partial charge in [-0.05, 0) is 55.4 Å². The fourth-order valence-electron chi connectivity index (χ4n) is 5.41. The van der Waals surface area contributed by atoms with Crippen LogP contribution >= 0.6 is 0 Å². The molecular weight excluding hydrogens is 440 g/mol. The summed E-state index contributed by atoms with van der Waals surface area (Å²) >= 11 is 0. The van der Waals surface area contributed by atoms with Crippen LogP contribution in [0.1, 0.15) is 50.2 Å². The molecule has 8 heteroatoms. The van der Waals surface area contributed by atoms with E-state index in [2.05, 4.69) is 28.4 Å². The number of benzene rings is 1. The van der Waals surface area contributed by atoms with E-state index >= 15 is 0 Å². The van der Waals surface area contributed by atoms with Crippen LogP contribution in [0.15, 0.2) is 40.7 Å². The van der Waals surface area contributed by atoms with Gasteiger partial charge in [-0.3, -0.25) is 15.2 Å². The second-order valence-corrected chi connectivity index (χ2v) is 9.84. The van der Waals surface area contributed by atoms with Crippen LogP contribution in [0.25, 0.3) is 5.57 Å². The third-order valence-corrected chi connectivity index (χ3v) is 7.47. The van der Waals surface area contributed by atoms with Crippen molar-refractivity contribution in [3.63, 3.8) is 0 Å². The largest absolute Gasteiger partial charge is 0.404 e. The zero-order valence-electron chi connectivity index (χ0n) is 20.6. The van der Waals surface area contributed by atoms with Crippen molar-refractivity contribution in [3.8, 4) is 0 Å². The molecule has 0 unspecified atom stereocenters. The number of amidine groups is 1. The maximum absolute atomic E-state index is 12.2. The van der Waals surface area contributed by atoms with E-state index in [0.717, 1.165) is 85.4 Å². The lowest BCUT2D eigenvalue weighted by Gasteiger charge is -2.38. The van der Waals surface area contributed by atoms with Crippen molar-refractivity contribution in [2.45, 2.75) is 51.5 Å². The Balaban J connectivity index is 1.44. The average molecular weight is 477 g/mol. The van der Waals surface area contributed by atoms with Gasteiger partial charge in [-0.2, -0.15) is 0 Å². The van der Waals surface area contributed by atoms with Crippen LogP contribution in [0.4, 0.5) is 5.69 Å². The number of anilines is 1. The molecule has 0 atom stereocenters. The number of carbonyl (C=O) groups is 1. The summed E-state index contributed by atoms with van der Waals surface area (Å²) in [5, 5.41) is 12.8. The lowest BCUT2D eigenvalue weighted by Crippen LogP contribution is -2.50. The van der Waals surface area contributed by atoms with Gasteiger partial charge in [-0.15, -0.1) is 0 Å². The Labute approximate surface area is 207 Å². The summed E-state index contributed by atoms with van der Waals surface area (Å²) < 4.78 is 5.34. The van der Waals surface area contributed by atoms with Gasteiger partial charge in [0.25, 0.3) is 0 Å². The van der Waals surface area contributed by atoms with E-state index in [9.17, 15) is 10.2 Å². The number of aliphatic imine (C=N–C) groups is 1. The highest BCUT2D eigenvalue weighted by Crippen LogP contribution is 2.33. The summed E-state index contributed by atoms with van der Waals surface area (Å²) in [4.78, 5) is 20.8. The highest BCUT2D eigenvalue weighted by Gasteiger charge is 2.31. The number of amides is 1. The Morgan fingerprint density at radius 1 is 1.20 bits per heavy atom. The molecule has 4 heterocycles. The van der Waals surface area contributed by atoms with E-state index in [1.54, 1.807) is 13.1 Å². The summed E-state index contributed by atoms with van der Waals surface area (Å²) in [7, 11) is 0. The zero-order valence-corrected chi connectivity index (χ0v) is 20.6. The van der Waals surface area contributed by atoms with Crippen molar-refractivity contribution >= 4 is 28.7 Å². The van der Waals surface area contributed by atoms with Gasteiger partial charge < -0.3 is 25.6 Å². The first-order valence-electron chi connectivity index (χ1n) is 12.8. The molecule has 35 heavy (non-hydrogen) atoms. The number of hydrogen-bond acceptors (Lipinski definition) is 6. The van der Waals surface area contributed by atoms with E-state index in [0.29, 0.717) is 32.1 Å². The minimum atomic E-state index is 0.0525. The van der Waals surface area contributed by atoms with E-state index in [4.69, 9.17) is 15.5 Å². The van der Waals surface area contributed by atoms with Crippen molar-refractivity contribution < 1.29 is 9.53 Å². The van der Waals surface area contributed by atoms with Crippen LogP contribution in [0.5, 0.6) is 0 Å². The molecule has 186 valence electrons. The SMILES string of the molecule is CC(=O)N1CCC(NC2COC2)=C(C(=N)N2CCCc3cc(C(=CN)C4=NCCCC4)ccc32)C1. The van der Waals surface area contributed by atoms with Gasteiger partial charge in [0.2, 0.25) is 5.91 Å². The van der Waals surface area contributed by atoms with Gasteiger partial charge in [0.05, 0.1) is 25.8 Å². The lowest BCUT2D eigenvalue weighted by molar-refractivity contribution is -0.128. The van der Waals surface area contributed by atoms with Crippen LogP contribution in [0, 0.1) is 5.41 Å². The predicted octanol–water partition coefficient (Wildman–Crippen LogP) is 2.84. The number of carbonyl (C=O) groups excluding carboxylic acids is 1. The number of nitrogens with two attached hydrogens (primary N) is 1. The maximum Gasteiger partial charge on any atom is 0.219 e. The van der Waals surface area contributed by atoms with Crippen LogP contribution < -0.4 is 16.0 Å². The number of nitrogens with one attached hydrogen (secondary N) is 2. The number of rotatable bonds is 5. The van der Waals surface area contributed by atoms with Gasteiger partial charge >= 0.3 is 0 Å². The summed E-state index contributed by atoms with van der Waals surface area (Å²) in [6, 6.07) is 6.76. The van der Waals surface area contributed by atoms with Crippen LogP contribution in [0.2, 0.25) is 0 Å². The normalized spacial score (nSPS) is 21.3. The first-order chi connectivity index (χ1) is 17.0. The Bertz CT molecular complexity index is 1100. The van der Waals surface area contributed by atoms with Crippen molar-refractivity contribution in [2.75, 3.05) is 44.3 Å². The fraction of sp³-hybridized carbons (Fsp3) is 0.519.